The molecule has 0 unspecified atom stereocenters. The number of rotatable bonds is 10. The van der Waals surface area contributed by atoms with E-state index in [0.717, 1.165) is 47.3 Å². The van der Waals surface area contributed by atoms with E-state index in [1.807, 2.05) is 40.3 Å². The minimum absolute atomic E-state index is 0. The van der Waals surface area contributed by atoms with E-state index in [4.69, 9.17) is 18.9 Å². The second-order valence-electron chi connectivity index (χ2n) is 14.3. The monoisotopic (exact) mass is 798 g/mol. The van der Waals surface area contributed by atoms with Crippen LogP contribution in [-0.4, -0.2) is 91.9 Å². The third-order valence-electron chi connectivity index (χ3n) is 9.90. The molecule has 2 aliphatic rings. The molecular weight excluding hydrogens is 748 g/mol. The summed E-state index contributed by atoms with van der Waals surface area (Å²) in [6.07, 6.45) is 7.20. The van der Waals surface area contributed by atoms with E-state index in [2.05, 4.69) is 87.6 Å². The molecule has 2 aromatic heterocycles. The van der Waals surface area contributed by atoms with Gasteiger partial charge in [0, 0.05) is 85.7 Å². The number of halogens is 2. The number of aryl methyl sites for hydroxylation is 2. The maximum atomic E-state index is 12.5. The first-order chi connectivity index (χ1) is 24.2. The number of hydrogen-bond donors (Lipinski definition) is 0. The maximum Gasteiger partial charge on any atom is 0.339 e. The number of benzene rings is 2. The fourth-order valence-corrected chi connectivity index (χ4v) is 7.85. The number of pyridine rings is 1. The highest BCUT2D eigenvalue weighted by atomic mass is 79.9. The fourth-order valence-electron chi connectivity index (χ4n) is 7.48. The van der Waals surface area contributed by atoms with Crippen molar-refractivity contribution in [3.63, 3.8) is 0 Å². The van der Waals surface area contributed by atoms with Crippen molar-refractivity contribution in [3.05, 3.63) is 87.3 Å². The minimum Gasteiger partial charge on any atom is -0.492 e. The molecule has 1 saturated heterocycles. The molecule has 1 fully saturated rings. The van der Waals surface area contributed by atoms with Crippen LogP contribution in [0.5, 0.6) is 11.5 Å². The van der Waals surface area contributed by atoms with Gasteiger partial charge in [0.2, 0.25) is 0 Å². The van der Waals surface area contributed by atoms with Crippen LogP contribution in [0, 0.1) is 12.8 Å². The minimum atomic E-state index is -0.421. The van der Waals surface area contributed by atoms with Crippen LogP contribution < -0.4 is 9.47 Å². The number of ether oxygens (including phenoxy) is 4. The fraction of sp³-hybridized carbons (Fsp3) is 0.475. The Morgan fingerprint density at radius 3 is 2.52 bits per heavy atom. The Hall–Kier alpha value is -3.48. The van der Waals surface area contributed by atoms with Crippen LogP contribution >= 0.6 is 28.3 Å². The number of carbonyl (C=O) groups is 2. The number of methoxy groups -OCH3 is 1. The first-order valence-corrected chi connectivity index (χ1v) is 18.2. The molecule has 4 aromatic rings. The van der Waals surface area contributed by atoms with Gasteiger partial charge in [-0.25, -0.2) is 4.79 Å². The summed E-state index contributed by atoms with van der Waals surface area (Å²) in [4.78, 5) is 32.2. The van der Waals surface area contributed by atoms with Crippen molar-refractivity contribution in [2.75, 3.05) is 54.6 Å². The van der Waals surface area contributed by atoms with Gasteiger partial charge in [0.1, 0.15) is 23.7 Å². The van der Waals surface area contributed by atoms with Gasteiger partial charge in [0.15, 0.2) is 0 Å². The Morgan fingerprint density at radius 2 is 1.87 bits per heavy atom. The van der Waals surface area contributed by atoms with Crippen LogP contribution in [0.3, 0.4) is 0 Å². The summed E-state index contributed by atoms with van der Waals surface area (Å²) < 4.78 is 26.1. The van der Waals surface area contributed by atoms with E-state index in [0.29, 0.717) is 30.4 Å². The molecule has 282 valence electrons. The Labute approximate surface area is 322 Å². The first kappa shape index (κ1) is 41.3. The molecule has 0 bridgehead atoms. The molecule has 0 saturated carbocycles. The van der Waals surface area contributed by atoms with Crippen LogP contribution in [0.15, 0.2) is 59.5 Å². The summed E-state index contributed by atoms with van der Waals surface area (Å²) in [7, 11) is 10.1. The summed E-state index contributed by atoms with van der Waals surface area (Å²) in [6.45, 7) is 10.2. The Balaban J connectivity index is 0.000000252. The molecule has 3 heterocycles. The van der Waals surface area contributed by atoms with Gasteiger partial charge >= 0.3 is 11.9 Å². The lowest BCUT2D eigenvalue weighted by atomic mass is 9.69. The lowest BCUT2D eigenvalue weighted by molar-refractivity contribution is -0.131. The van der Waals surface area contributed by atoms with E-state index in [-0.39, 0.29) is 36.3 Å². The quantitative estimate of drug-likeness (QED) is 0.121. The van der Waals surface area contributed by atoms with Crippen LogP contribution in [0.25, 0.3) is 10.9 Å². The van der Waals surface area contributed by atoms with Crippen LogP contribution in [0.4, 0.5) is 0 Å². The van der Waals surface area contributed by atoms with E-state index < -0.39 is 5.60 Å². The molecule has 2 aromatic carbocycles. The molecule has 12 heteroatoms. The maximum absolute atomic E-state index is 12.5. The lowest BCUT2D eigenvalue weighted by Crippen LogP contribution is -2.59. The molecule has 52 heavy (non-hydrogen) atoms. The van der Waals surface area contributed by atoms with E-state index in [1.165, 1.54) is 35.2 Å². The normalized spacial score (nSPS) is 19.4. The number of likely N-dealkylation sites (tertiary alicyclic amines) is 1. The van der Waals surface area contributed by atoms with Crippen molar-refractivity contribution in [1.82, 2.24) is 19.4 Å². The smallest absolute Gasteiger partial charge is 0.339 e. The van der Waals surface area contributed by atoms with E-state index in [9.17, 15) is 9.59 Å². The van der Waals surface area contributed by atoms with Crippen molar-refractivity contribution >= 4 is 51.2 Å². The lowest BCUT2D eigenvalue weighted by Gasteiger charge is -2.53. The summed E-state index contributed by atoms with van der Waals surface area (Å²) in [6, 6.07) is 12.3. The Morgan fingerprint density at radius 1 is 1.12 bits per heavy atom. The van der Waals surface area contributed by atoms with Crippen molar-refractivity contribution in [3.8, 4) is 11.5 Å². The molecule has 1 aliphatic carbocycles. The number of nitrogens with zero attached hydrogens (tertiary/aromatic N) is 4. The zero-order valence-electron chi connectivity index (χ0n) is 31.7. The average molecular weight is 800 g/mol. The van der Waals surface area contributed by atoms with Crippen molar-refractivity contribution in [1.29, 1.82) is 0 Å². The largest absolute Gasteiger partial charge is 0.492 e. The molecule has 6 rings (SSSR count). The molecular formula is C40H52BrClN4O6. The van der Waals surface area contributed by atoms with Crippen molar-refractivity contribution in [2.45, 2.75) is 58.1 Å². The molecule has 0 amide bonds. The summed E-state index contributed by atoms with van der Waals surface area (Å²) in [5.74, 6) is 1.31. The van der Waals surface area contributed by atoms with Gasteiger partial charge in [-0.05, 0) is 104 Å². The van der Waals surface area contributed by atoms with Gasteiger partial charge in [-0.3, -0.25) is 14.7 Å². The predicted octanol–water partition coefficient (Wildman–Crippen LogP) is 7.32. The summed E-state index contributed by atoms with van der Waals surface area (Å²) in [5, 5.41) is 1.31. The highest BCUT2D eigenvalue weighted by molar-refractivity contribution is 9.10. The highest BCUT2D eigenvalue weighted by Crippen LogP contribution is 2.49. The highest BCUT2D eigenvalue weighted by Gasteiger charge is 2.52. The van der Waals surface area contributed by atoms with Gasteiger partial charge < -0.3 is 28.4 Å². The molecule has 10 nitrogen and oxygen atoms in total. The number of carbonyl (C=O) groups excluding carboxylic acids is 2. The zero-order valence-corrected chi connectivity index (χ0v) is 34.1. The number of fused-ring (bicyclic) bond motifs is 2. The van der Waals surface area contributed by atoms with E-state index in [1.54, 1.807) is 12.3 Å². The molecule has 0 N–H and O–H groups in total. The summed E-state index contributed by atoms with van der Waals surface area (Å²) >= 11 is 3.35. The third kappa shape index (κ3) is 8.99. The number of esters is 2. The zero-order chi connectivity index (χ0) is 37.0. The topological polar surface area (TPSA) is 95.4 Å². The Kier molecular flexibility index (Phi) is 13.9. The summed E-state index contributed by atoms with van der Waals surface area (Å²) in [5.41, 5.74) is 5.86. The van der Waals surface area contributed by atoms with Gasteiger partial charge in [-0.2, -0.15) is 0 Å². The van der Waals surface area contributed by atoms with Crippen molar-refractivity contribution in [2.24, 2.45) is 13.0 Å². The first-order valence-electron chi connectivity index (χ1n) is 17.4. The molecule has 1 aliphatic heterocycles. The predicted molar refractivity (Wildman–Crippen MR) is 210 cm³/mol. The van der Waals surface area contributed by atoms with Crippen LogP contribution in [-0.2, 0) is 33.3 Å². The number of piperidine rings is 1. The van der Waals surface area contributed by atoms with Gasteiger partial charge in [0.05, 0.1) is 12.2 Å². The second kappa shape index (κ2) is 17.6. The van der Waals surface area contributed by atoms with Crippen LogP contribution in [0.2, 0.25) is 0 Å². The molecule has 3 atom stereocenters. The van der Waals surface area contributed by atoms with E-state index >= 15 is 0 Å². The van der Waals surface area contributed by atoms with Gasteiger partial charge in [-0.15, -0.1) is 12.4 Å². The number of likely N-dealkylation sites (N-methyl/N-ethyl adjacent to an activating group) is 2. The number of aromatic nitrogens is 2. The van der Waals surface area contributed by atoms with Crippen LogP contribution in [0.1, 0.15) is 65.7 Å². The van der Waals surface area contributed by atoms with Crippen molar-refractivity contribution < 1.29 is 28.5 Å². The Bertz CT molecular complexity index is 1880. The number of hydrogen-bond acceptors (Lipinski definition) is 9. The third-order valence-corrected chi connectivity index (χ3v) is 10.3. The van der Waals surface area contributed by atoms with Gasteiger partial charge in [-0.1, -0.05) is 26.0 Å². The molecule has 0 spiro atoms. The molecule has 0 radical (unpaired) electrons. The average Bonchev–Trinajstić information content (AvgIpc) is 3.40. The SMILES string of the molecule is CC(=O)Oc1cc(C(C)C)c(OCCN(C)C)cc1C.CO[C@]12C[C@@H](COC(=O)c3cncc(Br)c3)CN(C)[C@@H]1Cc1cn(C)c3cccc2c13.Cl. The van der Waals surface area contributed by atoms with Gasteiger partial charge in [0.25, 0.3) is 0 Å². The standard InChI is InChI=1S/C24H26BrN3O3.C16H25NO3.ClH/c1-27-13-17-8-21-24(30-3,19-5-4-6-20(27)22(17)19)9-15(12-28(21)2)14-31-23(29)16-7-18(25)11-26-10-16;1-11(2)14-10-15(20-13(4)18)12(3)9-16(14)19-8-7-17(5)6;/h4-7,10-11,13,15,21H,8-9,12,14H2,1-3H3;9-11H,7-8H2,1-6H3;1H/t15-,21-,24+;;/m1../s1. The second-order valence-corrected chi connectivity index (χ2v) is 15.2.